The third-order valence-corrected chi connectivity index (χ3v) is 5.33. The van der Waals surface area contributed by atoms with Gasteiger partial charge in [-0.25, -0.2) is 14.5 Å². The van der Waals surface area contributed by atoms with Gasteiger partial charge in [-0.2, -0.15) is 0 Å². The first-order valence-corrected chi connectivity index (χ1v) is 10.2. The Morgan fingerprint density at radius 1 is 1.13 bits per heavy atom. The van der Waals surface area contributed by atoms with Crippen molar-refractivity contribution < 1.29 is 33.4 Å². The summed E-state index contributed by atoms with van der Waals surface area (Å²) in [7, 11) is 1.14. The number of imide groups is 1. The number of rotatable bonds is 4. The molecule has 0 saturated heterocycles. The molecule has 0 aliphatic carbocycles. The summed E-state index contributed by atoms with van der Waals surface area (Å²) in [5, 5.41) is 2.71. The average molecular weight is 444 g/mol. The highest BCUT2D eigenvalue weighted by Gasteiger charge is 2.43. The van der Waals surface area contributed by atoms with Crippen LogP contribution in [0, 0.1) is 0 Å². The minimum absolute atomic E-state index is 0.0196. The van der Waals surface area contributed by atoms with Crippen molar-refractivity contribution >= 4 is 41.8 Å². The van der Waals surface area contributed by atoms with Crippen LogP contribution in [0.15, 0.2) is 46.3 Å². The van der Waals surface area contributed by atoms with Crippen LogP contribution in [0.25, 0.3) is 0 Å². The monoisotopic (exact) mass is 444 g/mol. The Kier molecular flexibility index (Phi) is 6.03. The highest BCUT2D eigenvalue weighted by Crippen LogP contribution is 2.34. The van der Waals surface area contributed by atoms with Crippen LogP contribution in [0.3, 0.4) is 0 Å². The van der Waals surface area contributed by atoms with E-state index in [2.05, 4.69) is 5.32 Å². The summed E-state index contributed by atoms with van der Waals surface area (Å²) in [6.07, 6.45) is 0.498. The molecule has 3 rings (SSSR count). The van der Waals surface area contributed by atoms with Gasteiger partial charge in [0, 0.05) is 11.3 Å². The van der Waals surface area contributed by atoms with Crippen molar-refractivity contribution in [3.63, 3.8) is 0 Å². The number of ether oxygens (including phenoxy) is 2. The summed E-state index contributed by atoms with van der Waals surface area (Å²) >= 11 is 0.984. The fraction of sp³-hybridized carbons (Fsp3) is 0.286. The minimum atomic E-state index is -0.934. The molecule has 0 radical (unpaired) electrons. The zero-order chi connectivity index (χ0) is 22.9. The van der Waals surface area contributed by atoms with Gasteiger partial charge in [-0.1, -0.05) is 12.1 Å². The number of nitrogens with one attached hydrogen (secondary N) is 1. The Morgan fingerprint density at radius 3 is 2.19 bits per heavy atom. The van der Waals surface area contributed by atoms with Crippen molar-refractivity contribution in [2.75, 3.05) is 12.9 Å². The second-order valence-electron chi connectivity index (χ2n) is 7.59. The number of hydrogen-bond acceptors (Lipinski definition) is 9. The topological polar surface area (TPSA) is 119 Å². The molecule has 2 amide bonds. The van der Waals surface area contributed by atoms with Crippen LogP contribution in [0.5, 0.6) is 0 Å². The predicted octanol–water partition coefficient (Wildman–Crippen LogP) is 1.76. The lowest BCUT2D eigenvalue weighted by Crippen LogP contribution is -2.40. The first-order valence-electron chi connectivity index (χ1n) is 9.21. The van der Waals surface area contributed by atoms with Crippen molar-refractivity contribution in [1.82, 2.24) is 10.2 Å². The number of carbonyl (C=O) groups excluding carboxylic acids is 5. The van der Waals surface area contributed by atoms with Crippen LogP contribution in [0.1, 0.15) is 41.5 Å². The smallest absolute Gasteiger partial charge is 0.358 e. The molecule has 10 heteroatoms. The lowest BCUT2D eigenvalue weighted by atomic mass is 10.1. The van der Waals surface area contributed by atoms with Crippen LogP contribution in [-0.2, 0) is 23.9 Å². The number of esters is 2. The van der Waals surface area contributed by atoms with E-state index in [1.165, 1.54) is 12.1 Å². The van der Waals surface area contributed by atoms with Gasteiger partial charge in [-0.05, 0) is 32.9 Å². The highest BCUT2D eigenvalue weighted by molar-refractivity contribution is 8.03. The maximum Gasteiger partial charge on any atom is 0.358 e. The molecule has 1 aromatic carbocycles. The first kappa shape index (κ1) is 22.3. The quantitative estimate of drug-likeness (QED) is 0.321. The molecule has 31 heavy (non-hydrogen) atoms. The van der Waals surface area contributed by atoms with Gasteiger partial charge in [0.15, 0.2) is 5.70 Å². The van der Waals surface area contributed by atoms with Gasteiger partial charge in [-0.15, -0.1) is 11.8 Å². The standard InChI is InChI=1S/C21H20N2O7S/c1-21(2,3)30-20(28)15(16-22-14(19(27)29-4)11(9-24)10-31-16)23-17(25)12-7-5-6-8-13(12)18(23)26/h5-9,22H,10H2,1-4H3/b16-15-. The number of methoxy groups -OCH3 is 1. The summed E-state index contributed by atoms with van der Waals surface area (Å²) in [6.45, 7) is 4.92. The first-order chi connectivity index (χ1) is 14.6. The van der Waals surface area contributed by atoms with E-state index < -0.39 is 29.4 Å². The summed E-state index contributed by atoms with van der Waals surface area (Å²) in [5.41, 5.74) is -1.05. The fourth-order valence-corrected chi connectivity index (χ4v) is 3.96. The van der Waals surface area contributed by atoms with Crippen molar-refractivity contribution in [1.29, 1.82) is 0 Å². The number of thioether (sulfide) groups is 1. The van der Waals surface area contributed by atoms with E-state index in [1.54, 1.807) is 32.9 Å². The van der Waals surface area contributed by atoms with E-state index in [9.17, 15) is 24.0 Å². The Morgan fingerprint density at radius 2 is 1.71 bits per heavy atom. The van der Waals surface area contributed by atoms with E-state index in [4.69, 9.17) is 9.47 Å². The molecule has 9 nitrogen and oxygen atoms in total. The van der Waals surface area contributed by atoms with Crippen LogP contribution < -0.4 is 5.32 Å². The molecule has 0 spiro atoms. The van der Waals surface area contributed by atoms with E-state index in [1.807, 2.05) is 0 Å². The largest absolute Gasteiger partial charge is 0.464 e. The summed E-state index contributed by atoms with van der Waals surface area (Å²) in [5.74, 6) is -3.13. The Labute approximate surface area is 182 Å². The molecule has 0 fully saturated rings. The molecule has 2 aliphatic rings. The number of aldehydes is 1. The maximum atomic E-state index is 13.1. The van der Waals surface area contributed by atoms with Crippen molar-refractivity contribution in [2.24, 2.45) is 0 Å². The molecule has 0 saturated carbocycles. The molecule has 1 aromatic rings. The Balaban J connectivity index is 2.15. The van der Waals surface area contributed by atoms with Crippen LogP contribution in [-0.4, -0.2) is 53.4 Å². The molecule has 0 aromatic heterocycles. The zero-order valence-electron chi connectivity index (χ0n) is 17.3. The van der Waals surface area contributed by atoms with Crippen LogP contribution in [0.2, 0.25) is 0 Å². The third kappa shape index (κ3) is 4.24. The zero-order valence-corrected chi connectivity index (χ0v) is 18.1. The van der Waals surface area contributed by atoms with Gasteiger partial charge in [0.25, 0.3) is 11.8 Å². The van der Waals surface area contributed by atoms with E-state index in [0.29, 0.717) is 6.29 Å². The fourth-order valence-electron chi connectivity index (χ4n) is 2.96. The van der Waals surface area contributed by atoms with Crippen molar-refractivity contribution in [3.8, 4) is 0 Å². The predicted molar refractivity (Wildman–Crippen MR) is 111 cm³/mol. The molecule has 1 N–H and O–H groups in total. The number of amides is 2. The molecule has 0 atom stereocenters. The van der Waals surface area contributed by atoms with Crippen molar-refractivity contribution in [2.45, 2.75) is 26.4 Å². The minimum Gasteiger partial charge on any atom is -0.464 e. The number of carbonyl (C=O) groups is 5. The van der Waals surface area contributed by atoms with Crippen LogP contribution >= 0.6 is 11.8 Å². The summed E-state index contributed by atoms with van der Waals surface area (Å²) in [4.78, 5) is 63.4. The van der Waals surface area contributed by atoms with Gasteiger partial charge >= 0.3 is 11.9 Å². The van der Waals surface area contributed by atoms with Crippen LogP contribution in [0.4, 0.5) is 0 Å². The average Bonchev–Trinajstić information content (AvgIpc) is 2.97. The van der Waals surface area contributed by atoms with Gasteiger partial charge in [0.2, 0.25) is 0 Å². The molecule has 2 aliphatic heterocycles. The molecular formula is C21H20N2O7S. The SMILES string of the molecule is COC(=O)C1=C(C=O)CS/C(=C(/C(=O)OC(C)(C)C)N2C(=O)c3ccccc3C2=O)N1. The third-order valence-electron chi connectivity index (χ3n) is 4.29. The summed E-state index contributed by atoms with van der Waals surface area (Å²) < 4.78 is 10.1. The Bertz CT molecular complexity index is 1030. The second-order valence-corrected chi connectivity index (χ2v) is 8.58. The molecule has 2 heterocycles. The van der Waals surface area contributed by atoms with E-state index in [0.717, 1.165) is 23.8 Å². The molecule has 162 valence electrons. The van der Waals surface area contributed by atoms with Crippen molar-refractivity contribution in [3.05, 3.63) is 57.4 Å². The molecule has 0 unspecified atom stereocenters. The Hall–Kier alpha value is -3.40. The van der Waals surface area contributed by atoms with E-state index in [-0.39, 0.29) is 38.9 Å². The normalized spacial score (nSPS) is 17.7. The number of benzene rings is 1. The van der Waals surface area contributed by atoms with Gasteiger partial charge in [0.05, 0.1) is 18.2 Å². The molecular weight excluding hydrogens is 424 g/mol. The lowest BCUT2D eigenvalue weighted by molar-refractivity contribution is -0.151. The number of fused-ring (bicyclic) bond motifs is 1. The molecule has 0 bridgehead atoms. The highest BCUT2D eigenvalue weighted by atomic mass is 32.2. The number of hydrogen-bond donors (Lipinski definition) is 1. The second kappa shape index (κ2) is 8.38. The summed E-state index contributed by atoms with van der Waals surface area (Å²) in [6, 6.07) is 6.18. The van der Waals surface area contributed by atoms with E-state index >= 15 is 0 Å². The maximum absolute atomic E-state index is 13.1. The van der Waals surface area contributed by atoms with Gasteiger partial charge in [0.1, 0.15) is 22.6 Å². The number of nitrogens with zero attached hydrogens (tertiary/aromatic N) is 1. The lowest BCUT2D eigenvalue weighted by Gasteiger charge is -2.27. The van der Waals surface area contributed by atoms with Gasteiger partial charge in [-0.3, -0.25) is 14.4 Å². The van der Waals surface area contributed by atoms with Gasteiger partial charge < -0.3 is 14.8 Å².